The normalized spacial score (nSPS) is 26.1. The molecule has 0 atom stereocenters. The number of nitrogens with zero attached hydrogens (tertiary/aromatic N) is 4. The number of ether oxygens (including phenoxy) is 1. The minimum absolute atomic E-state index is 0.00128. The highest BCUT2D eigenvalue weighted by Crippen LogP contribution is 2.41. The van der Waals surface area contributed by atoms with Crippen molar-refractivity contribution in [2.24, 2.45) is 5.92 Å². The number of hydrogen-bond donors (Lipinski definition) is 0. The van der Waals surface area contributed by atoms with E-state index in [4.69, 9.17) is 9.26 Å². The number of piperidine rings is 1. The lowest BCUT2D eigenvalue weighted by Gasteiger charge is -2.46. The van der Waals surface area contributed by atoms with E-state index in [2.05, 4.69) is 19.9 Å². The Balaban J connectivity index is 1.27. The number of likely N-dealkylation sites (tertiary alicyclic amines) is 1. The van der Waals surface area contributed by atoms with E-state index in [-0.39, 0.29) is 5.54 Å². The molecule has 1 saturated carbocycles. The van der Waals surface area contributed by atoms with Crippen molar-refractivity contribution in [3.05, 3.63) is 17.0 Å². The maximum Gasteiger partial charge on any atom is 0.320 e. The molecule has 4 aliphatic rings. The van der Waals surface area contributed by atoms with Crippen molar-refractivity contribution in [1.29, 1.82) is 0 Å². The maximum absolute atomic E-state index is 13.4. The van der Waals surface area contributed by atoms with E-state index in [1.807, 2.05) is 13.8 Å². The number of urea groups is 1. The van der Waals surface area contributed by atoms with Gasteiger partial charge in [-0.1, -0.05) is 5.16 Å². The van der Waals surface area contributed by atoms with Gasteiger partial charge in [-0.15, -0.1) is 0 Å². The van der Waals surface area contributed by atoms with E-state index < -0.39 is 0 Å². The number of rotatable bonds is 5. The van der Waals surface area contributed by atoms with E-state index in [0.717, 1.165) is 89.0 Å². The number of aryl methyl sites for hydroxylation is 2. The van der Waals surface area contributed by atoms with Crippen LogP contribution in [0.4, 0.5) is 4.79 Å². The molecule has 0 radical (unpaired) electrons. The summed E-state index contributed by atoms with van der Waals surface area (Å²) in [5, 5.41) is 4.09. The van der Waals surface area contributed by atoms with Crippen LogP contribution in [0.1, 0.15) is 55.5 Å². The Labute approximate surface area is 173 Å². The largest absolute Gasteiger partial charge is 0.381 e. The third kappa shape index (κ3) is 3.67. The Morgan fingerprint density at radius 1 is 1.10 bits per heavy atom. The Kier molecular flexibility index (Phi) is 5.06. The maximum atomic E-state index is 13.4. The summed E-state index contributed by atoms with van der Waals surface area (Å²) in [5.74, 6) is 1.67. The van der Waals surface area contributed by atoms with Crippen LogP contribution in [0, 0.1) is 19.8 Å². The minimum atomic E-state index is -0.00128. The first-order chi connectivity index (χ1) is 14.1. The number of amides is 2. The van der Waals surface area contributed by atoms with Gasteiger partial charge >= 0.3 is 6.03 Å². The SMILES string of the molecule is Cc1noc(C)c1CN1CCC(N2C(=O)N(CC3CC3)CC23CCOCC3)CC1. The van der Waals surface area contributed by atoms with Crippen molar-refractivity contribution >= 4 is 6.03 Å². The summed E-state index contributed by atoms with van der Waals surface area (Å²) in [6.45, 7) is 10.4. The molecular formula is C22H34N4O3. The first-order valence-corrected chi connectivity index (χ1v) is 11.4. The molecule has 1 aliphatic carbocycles. The molecule has 0 aromatic carbocycles. The van der Waals surface area contributed by atoms with Gasteiger partial charge in [0.2, 0.25) is 0 Å². The van der Waals surface area contributed by atoms with Gasteiger partial charge in [-0.2, -0.15) is 0 Å². The third-order valence-corrected chi connectivity index (χ3v) is 7.56. The average Bonchev–Trinajstić information content (AvgIpc) is 3.44. The highest BCUT2D eigenvalue weighted by molar-refractivity contribution is 5.78. The summed E-state index contributed by atoms with van der Waals surface area (Å²) in [5.41, 5.74) is 2.21. The van der Waals surface area contributed by atoms with Crippen molar-refractivity contribution in [2.75, 3.05) is 39.4 Å². The summed E-state index contributed by atoms with van der Waals surface area (Å²) in [6, 6.07) is 0.647. The molecule has 2 amide bonds. The molecule has 7 nitrogen and oxygen atoms in total. The number of carbonyl (C=O) groups is 1. The van der Waals surface area contributed by atoms with E-state index in [9.17, 15) is 4.79 Å². The zero-order chi connectivity index (χ0) is 20.0. The van der Waals surface area contributed by atoms with E-state index in [1.165, 1.54) is 18.4 Å². The quantitative estimate of drug-likeness (QED) is 0.758. The molecule has 1 spiro atoms. The van der Waals surface area contributed by atoms with Crippen molar-refractivity contribution < 1.29 is 14.1 Å². The van der Waals surface area contributed by atoms with Crippen molar-refractivity contribution in [2.45, 2.75) is 70.5 Å². The zero-order valence-corrected chi connectivity index (χ0v) is 17.9. The first-order valence-electron chi connectivity index (χ1n) is 11.4. The van der Waals surface area contributed by atoms with Gasteiger partial charge in [0, 0.05) is 57.5 Å². The molecule has 29 heavy (non-hydrogen) atoms. The smallest absolute Gasteiger partial charge is 0.320 e. The van der Waals surface area contributed by atoms with E-state index in [1.54, 1.807) is 0 Å². The first kappa shape index (κ1) is 19.4. The van der Waals surface area contributed by atoms with Crippen LogP contribution >= 0.6 is 0 Å². The molecule has 5 rings (SSSR count). The molecule has 4 fully saturated rings. The van der Waals surface area contributed by atoms with Crippen LogP contribution in [-0.4, -0.2) is 76.9 Å². The third-order valence-electron chi connectivity index (χ3n) is 7.56. The lowest BCUT2D eigenvalue weighted by Crippen LogP contribution is -2.57. The van der Waals surface area contributed by atoms with Gasteiger partial charge in [0.15, 0.2) is 0 Å². The number of hydrogen-bond acceptors (Lipinski definition) is 5. The Morgan fingerprint density at radius 2 is 1.83 bits per heavy atom. The molecule has 0 bridgehead atoms. The molecule has 0 N–H and O–H groups in total. The molecule has 4 heterocycles. The van der Waals surface area contributed by atoms with Gasteiger partial charge in [-0.3, -0.25) is 4.90 Å². The van der Waals surface area contributed by atoms with Gasteiger partial charge in [-0.05, 0) is 58.3 Å². The summed E-state index contributed by atoms with van der Waals surface area (Å²) in [4.78, 5) is 20.4. The van der Waals surface area contributed by atoms with Crippen LogP contribution in [0.15, 0.2) is 4.52 Å². The second-order valence-electron chi connectivity index (χ2n) is 9.62. The minimum Gasteiger partial charge on any atom is -0.381 e. The molecule has 7 heteroatoms. The van der Waals surface area contributed by atoms with Gasteiger partial charge < -0.3 is 19.1 Å². The highest BCUT2D eigenvalue weighted by Gasteiger charge is 2.53. The van der Waals surface area contributed by atoms with Gasteiger partial charge in [0.05, 0.1) is 11.2 Å². The highest BCUT2D eigenvalue weighted by atomic mass is 16.5. The van der Waals surface area contributed by atoms with Crippen LogP contribution in [0.2, 0.25) is 0 Å². The van der Waals surface area contributed by atoms with Gasteiger partial charge in [-0.25, -0.2) is 4.79 Å². The van der Waals surface area contributed by atoms with Crippen LogP contribution in [0.3, 0.4) is 0 Å². The summed E-state index contributed by atoms with van der Waals surface area (Å²) in [7, 11) is 0. The van der Waals surface area contributed by atoms with E-state index >= 15 is 0 Å². The second-order valence-corrected chi connectivity index (χ2v) is 9.62. The molecular weight excluding hydrogens is 368 g/mol. The monoisotopic (exact) mass is 402 g/mol. The summed E-state index contributed by atoms with van der Waals surface area (Å²) >= 11 is 0. The fourth-order valence-electron chi connectivity index (χ4n) is 5.59. The Morgan fingerprint density at radius 3 is 2.45 bits per heavy atom. The zero-order valence-electron chi connectivity index (χ0n) is 17.9. The lowest BCUT2D eigenvalue weighted by atomic mass is 9.86. The van der Waals surface area contributed by atoms with Gasteiger partial charge in [0.1, 0.15) is 5.76 Å². The standard InChI is InChI=1S/C22H34N4O3/c1-16-20(17(2)29-23-16)14-24-9-5-19(6-10-24)26-21(27)25(13-18-3-4-18)15-22(26)7-11-28-12-8-22/h18-19H,3-15H2,1-2H3. The van der Waals surface area contributed by atoms with Crippen LogP contribution in [0.5, 0.6) is 0 Å². The molecule has 1 aromatic rings. The predicted molar refractivity (Wildman–Crippen MR) is 109 cm³/mol. The van der Waals surface area contributed by atoms with Crippen LogP contribution < -0.4 is 0 Å². The average molecular weight is 403 g/mol. The molecule has 3 saturated heterocycles. The Hall–Kier alpha value is -1.60. The fourth-order valence-corrected chi connectivity index (χ4v) is 5.59. The topological polar surface area (TPSA) is 62.1 Å². The fraction of sp³-hybridized carbons (Fsp3) is 0.818. The van der Waals surface area contributed by atoms with Crippen molar-refractivity contribution in [3.8, 4) is 0 Å². The predicted octanol–water partition coefficient (Wildman–Crippen LogP) is 2.95. The van der Waals surface area contributed by atoms with Gasteiger partial charge in [0.25, 0.3) is 0 Å². The van der Waals surface area contributed by atoms with Crippen molar-refractivity contribution in [3.63, 3.8) is 0 Å². The van der Waals surface area contributed by atoms with Crippen molar-refractivity contribution in [1.82, 2.24) is 19.9 Å². The molecule has 3 aliphatic heterocycles. The number of aromatic nitrogens is 1. The molecule has 1 aromatic heterocycles. The molecule has 160 valence electrons. The summed E-state index contributed by atoms with van der Waals surface area (Å²) < 4.78 is 11.0. The summed E-state index contributed by atoms with van der Waals surface area (Å²) in [6.07, 6.45) is 6.66. The van der Waals surface area contributed by atoms with Crippen LogP contribution in [-0.2, 0) is 11.3 Å². The second kappa shape index (κ2) is 7.58. The van der Waals surface area contributed by atoms with E-state index in [0.29, 0.717) is 12.1 Å². The van der Waals surface area contributed by atoms with Crippen LogP contribution in [0.25, 0.3) is 0 Å². The molecule has 0 unspecified atom stereocenters. The Bertz CT molecular complexity index is 726. The lowest BCUT2D eigenvalue weighted by molar-refractivity contribution is -0.0167. The number of carbonyl (C=O) groups excluding carboxylic acids is 1.